The van der Waals surface area contributed by atoms with E-state index in [9.17, 15) is 14.4 Å². The Kier molecular flexibility index (Phi) is 36.0. The van der Waals surface area contributed by atoms with E-state index in [1.54, 1.807) is 0 Å². The van der Waals surface area contributed by atoms with Gasteiger partial charge in [-0.1, -0.05) is 161 Å². The number of carbonyl (C=O) groups is 3. The second-order valence-electron chi connectivity index (χ2n) is 13.2. The summed E-state index contributed by atoms with van der Waals surface area (Å²) in [5.74, 6) is -0.835. The van der Waals surface area contributed by atoms with Crippen LogP contribution in [0.5, 0.6) is 0 Å². The molecular formula is C42H69Cl3O7. The van der Waals surface area contributed by atoms with E-state index in [0.29, 0.717) is 12.8 Å². The molecule has 0 amide bonds. The first-order valence-corrected chi connectivity index (χ1v) is 21.1. The average molecular weight is 792 g/mol. The molecule has 0 saturated carbocycles. The van der Waals surface area contributed by atoms with Crippen molar-refractivity contribution in [1.82, 2.24) is 0 Å². The molecule has 0 bridgehead atoms. The normalized spacial score (nSPS) is 12.7. The lowest BCUT2D eigenvalue weighted by Gasteiger charge is -2.18. The first-order valence-electron chi connectivity index (χ1n) is 20.0. The summed E-state index contributed by atoms with van der Waals surface area (Å²) in [7, 11) is 0. The minimum absolute atomic E-state index is 0.221. The van der Waals surface area contributed by atoms with E-state index >= 15 is 0 Å². The number of unbranched alkanes of at least 4 members (excludes halogenated alkanes) is 16. The van der Waals surface area contributed by atoms with E-state index < -0.39 is 28.6 Å². The second kappa shape index (κ2) is 37.4. The molecule has 52 heavy (non-hydrogen) atoms. The maximum absolute atomic E-state index is 12.6. The van der Waals surface area contributed by atoms with E-state index in [4.69, 9.17) is 53.8 Å². The molecule has 7 nitrogen and oxygen atoms in total. The molecule has 10 heteroatoms. The molecule has 0 N–H and O–H groups in total. The van der Waals surface area contributed by atoms with Gasteiger partial charge in [0.05, 0.1) is 0 Å². The van der Waals surface area contributed by atoms with E-state index in [0.717, 1.165) is 77.0 Å². The zero-order valence-corrected chi connectivity index (χ0v) is 34.5. The number of hydrogen-bond acceptors (Lipinski definition) is 7. The highest BCUT2D eigenvalue weighted by molar-refractivity contribution is 6.67. The Morgan fingerprint density at radius 1 is 0.500 bits per heavy atom. The molecule has 0 aromatic carbocycles. The van der Waals surface area contributed by atoms with Gasteiger partial charge in [0, 0.05) is 12.8 Å². The Hall–Kier alpha value is -1.96. The van der Waals surface area contributed by atoms with Crippen LogP contribution in [0.3, 0.4) is 0 Å². The van der Waals surface area contributed by atoms with Crippen molar-refractivity contribution >= 4 is 52.9 Å². The standard InChI is InChI=1S/C42H69Cl3O7/c1-3-5-7-9-11-13-15-17-19-21-23-25-27-29-31-33-39(46)49-35-38(36-50-41(48)51-37-42(43,44)45)52-40(47)34-32-30-28-26-24-22-20-18-16-14-12-10-8-6-4-2/h11-14,17-20,38H,3-10,15-16,21-37H2,1-2H3/b13-11-,14-12-,19-17-,20-18-/t38-/m0/s1. The molecule has 0 aliphatic heterocycles. The van der Waals surface area contributed by atoms with Crippen LogP contribution >= 0.6 is 34.8 Å². The van der Waals surface area contributed by atoms with Crippen molar-refractivity contribution in [2.45, 2.75) is 178 Å². The number of alkyl halides is 3. The fraction of sp³-hybridized carbons (Fsp3) is 0.738. The van der Waals surface area contributed by atoms with Gasteiger partial charge in [0.25, 0.3) is 0 Å². The third-order valence-electron chi connectivity index (χ3n) is 8.13. The van der Waals surface area contributed by atoms with E-state index in [1.807, 2.05) is 0 Å². The Balaban J connectivity index is 4.29. The van der Waals surface area contributed by atoms with Crippen molar-refractivity contribution in [1.29, 1.82) is 0 Å². The molecule has 1 atom stereocenters. The zero-order valence-electron chi connectivity index (χ0n) is 32.3. The van der Waals surface area contributed by atoms with Gasteiger partial charge in [-0.05, 0) is 77.0 Å². The quantitative estimate of drug-likeness (QED) is 0.0211. The molecule has 0 fully saturated rings. The van der Waals surface area contributed by atoms with Crippen molar-refractivity contribution in [3.8, 4) is 0 Å². The molecule has 0 heterocycles. The van der Waals surface area contributed by atoms with Gasteiger partial charge in [-0.15, -0.1) is 0 Å². The van der Waals surface area contributed by atoms with Gasteiger partial charge in [-0.25, -0.2) is 4.79 Å². The Labute approximate surface area is 331 Å². The van der Waals surface area contributed by atoms with Gasteiger partial charge in [-0.2, -0.15) is 0 Å². The summed E-state index contributed by atoms with van der Waals surface area (Å²) < 4.78 is 18.9. The number of carbonyl (C=O) groups excluding carboxylic acids is 3. The Morgan fingerprint density at radius 3 is 1.37 bits per heavy atom. The third kappa shape index (κ3) is 39.3. The van der Waals surface area contributed by atoms with Crippen molar-refractivity contribution in [3.63, 3.8) is 0 Å². The molecule has 0 rings (SSSR count). The lowest BCUT2D eigenvalue weighted by atomic mass is 10.1. The molecule has 0 aromatic heterocycles. The van der Waals surface area contributed by atoms with Gasteiger partial charge in [-0.3, -0.25) is 9.59 Å². The van der Waals surface area contributed by atoms with E-state index in [2.05, 4.69) is 62.5 Å². The van der Waals surface area contributed by atoms with E-state index in [1.165, 1.54) is 51.4 Å². The van der Waals surface area contributed by atoms with Crippen molar-refractivity contribution in [2.75, 3.05) is 19.8 Å². The van der Waals surface area contributed by atoms with Crippen molar-refractivity contribution in [3.05, 3.63) is 48.6 Å². The zero-order chi connectivity index (χ0) is 38.4. The molecule has 0 aromatic rings. The lowest BCUT2D eigenvalue weighted by Crippen LogP contribution is -2.31. The van der Waals surface area contributed by atoms with Gasteiger partial charge in [0.15, 0.2) is 6.10 Å². The first kappa shape index (κ1) is 50.0. The molecule has 300 valence electrons. The molecule has 0 spiro atoms. The van der Waals surface area contributed by atoms with Crippen molar-refractivity contribution < 1.29 is 33.3 Å². The highest BCUT2D eigenvalue weighted by atomic mass is 35.6. The maximum atomic E-state index is 12.6. The highest BCUT2D eigenvalue weighted by Gasteiger charge is 2.24. The van der Waals surface area contributed by atoms with Crippen LogP contribution in [0.15, 0.2) is 48.6 Å². The third-order valence-corrected chi connectivity index (χ3v) is 8.46. The topological polar surface area (TPSA) is 88.1 Å². The smallest absolute Gasteiger partial charge is 0.462 e. The van der Waals surface area contributed by atoms with Crippen LogP contribution in [0.25, 0.3) is 0 Å². The molecular weight excluding hydrogens is 723 g/mol. The summed E-state index contributed by atoms with van der Waals surface area (Å²) in [5.41, 5.74) is 0. The first-order chi connectivity index (χ1) is 25.2. The minimum atomic E-state index is -1.79. The number of ether oxygens (including phenoxy) is 4. The summed E-state index contributed by atoms with van der Waals surface area (Å²) in [4.78, 5) is 36.9. The van der Waals surface area contributed by atoms with Crippen LogP contribution in [0.4, 0.5) is 4.79 Å². The number of esters is 2. The fourth-order valence-electron chi connectivity index (χ4n) is 5.12. The summed E-state index contributed by atoms with van der Waals surface area (Å²) in [6, 6.07) is 0. The SMILES string of the molecule is CCCCC/C=C\C/C=C\CCCCCCCC(=O)OC[C@@H](COC(=O)OCC(Cl)(Cl)Cl)OC(=O)CCCCCCC/C=C\C/C=C\CCCCC. The maximum Gasteiger partial charge on any atom is 0.508 e. The number of halogens is 3. The molecule has 0 aliphatic carbocycles. The van der Waals surface area contributed by atoms with Crippen LogP contribution in [-0.4, -0.2) is 47.8 Å². The second-order valence-corrected chi connectivity index (χ2v) is 15.7. The van der Waals surface area contributed by atoms with Gasteiger partial charge in [0.1, 0.15) is 19.8 Å². The van der Waals surface area contributed by atoms with Crippen LogP contribution in [0.2, 0.25) is 0 Å². The lowest BCUT2D eigenvalue weighted by molar-refractivity contribution is -0.162. The molecule has 0 saturated heterocycles. The van der Waals surface area contributed by atoms with Crippen molar-refractivity contribution in [2.24, 2.45) is 0 Å². The van der Waals surface area contributed by atoms with Crippen LogP contribution in [-0.2, 0) is 28.5 Å². The van der Waals surface area contributed by atoms with Gasteiger partial charge in [0.2, 0.25) is 3.79 Å². The number of hydrogen-bond donors (Lipinski definition) is 0. The monoisotopic (exact) mass is 790 g/mol. The highest BCUT2D eigenvalue weighted by Crippen LogP contribution is 2.26. The summed E-state index contributed by atoms with van der Waals surface area (Å²) >= 11 is 16.8. The van der Waals surface area contributed by atoms with E-state index in [-0.39, 0.29) is 32.0 Å². The summed E-state index contributed by atoms with van der Waals surface area (Å²) in [5, 5.41) is 0. The van der Waals surface area contributed by atoms with Crippen LogP contribution in [0, 0.1) is 0 Å². The Bertz CT molecular complexity index is 989. The molecule has 0 radical (unpaired) electrons. The summed E-state index contributed by atoms with van der Waals surface area (Å²) in [6.07, 6.45) is 40.3. The van der Waals surface area contributed by atoms with Gasteiger partial charge >= 0.3 is 18.1 Å². The largest absolute Gasteiger partial charge is 0.508 e. The average Bonchev–Trinajstić information content (AvgIpc) is 3.11. The summed E-state index contributed by atoms with van der Waals surface area (Å²) in [6.45, 7) is 3.35. The molecule has 0 aliphatic rings. The fourth-order valence-corrected chi connectivity index (χ4v) is 5.29. The number of rotatable bonds is 34. The number of allylic oxidation sites excluding steroid dienone is 8. The van der Waals surface area contributed by atoms with Crippen LogP contribution in [0.1, 0.15) is 168 Å². The minimum Gasteiger partial charge on any atom is -0.462 e. The Morgan fingerprint density at radius 2 is 0.904 bits per heavy atom. The predicted octanol–water partition coefficient (Wildman–Crippen LogP) is 13.6. The van der Waals surface area contributed by atoms with Crippen LogP contribution < -0.4 is 0 Å². The predicted molar refractivity (Wildman–Crippen MR) is 217 cm³/mol. The molecule has 0 unspecified atom stereocenters. The van der Waals surface area contributed by atoms with Gasteiger partial charge < -0.3 is 18.9 Å².